The van der Waals surface area contributed by atoms with Gasteiger partial charge in [0.2, 0.25) is 5.88 Å². The summed E-state index contributed by atoms with van der Waals surface area (Å²) >= 11 is 5.88. The van der Waals surface area contributed by atoms with Crippen LogP contribution in [0.1, 0.15) is 10.4 Å². The summed E-state index contributed by atoms with van der Waals surface area (Å²) in [4.78, 5) is 12.4. The van der Waals surface area contributed by atoms with Crippen molar-refractivity contribution in [1.29, 1.82) is 0 Å². The molecule has 6 nitrogen and oxygen atoms in total. The van der Waals surface area contributed by atoms with E-state index in [0.29, 0.717) is 33.7 Å². The molecular weight excluding hydrogens is 356 g/mol. The van der Waals surface area contributed by atoms with Crippen LogP contribution in [0.4, 0.5) is 5.88 Å². The van der Waals surface area contributed by atoms with Gasteiger partial charge in [0.05, 0.1) is 20.8 Å². The number of benzene rings is 2. The summed E-state index contributed by atoms with van der Waals surface area (Å²) in [6.07, 6.45) is 0. The molecule has 0 atom stereocenters. The number of carbonyl (C=O) groups excluding carboxylic acids is 1. The first-order chi connectivity index (χ1) is 12.6. The van der Waals surface area contributed by atoms with Gasteiger partial charge >= 0.3 is 0 Å². The highest BCUT2D eigenvalue weighted by Gasteiger charge is 2.12. The summed E-state index contributed by atoms with van der Waals surface area (Å²) in [5.41, 5.74) is 2.03. The quantitative estimate of drug-likeness (QED) is 0.623. The average molecular weight is 373 g/mol. The number of ketones is 1. The molecule has 7 heteroatoms. The van der Waals surface area contributed by atoms with Gasteiger partial charge in [0.1, 0.15) is 5.69 Å². The Morgan fingerprint density at radius 3 is 2.50 bits per heavy atom. The van der Waals surface area contributed by atoms with E-state index in [1.807, 2.05) is 12.1 Å². The standard InChI is InChI=1S/C19H17ClN2O4/c1-24-17-8-5-13(9-18(17)25-2)16(23)11-21-19-10-15(22-26-19)12-3-6-14(20)7-4-12/h3-10,21H,11H2,1-2H3. The molecular formula is C19H17ClN2O4. The molecule has 0 amide bonds. The number of halogens is 1. The first-order valence-corrected chi connectivity index (χ1v) is 8.20. The molecule has 0 saturated heterocycles. The predicted octanol–water partition coefficient (Wildman–Crippen LogP) is 4.31. The molecule has 0 saturated carbocycles. The molecule has 3 aromatic rings. The summed E-state index contributed by atoms with van der Waals surface area (Å²) in [5, 5.41) is 7.57. The Hall–Kier alpha value is -2.99. The van der Waals surface area contributed by atoms with Crippen molar-refractivity contribution >= 4 is 23.3 Å². The smallest absolute Gasteiger partial charge is 0.225 e. The summed E-state index contributed by atoms with van der Waals surface area (Å²) in [6, 6.07) is 14.0. The van der Waals surface area contributed by atoms with E-state index in [-0.39, 0.29) is 12.3 Å². The van der Waals surface area contributed by atoms with Crippen LogP contribution in [0.2, 0.25) is 5.02 Å². The highest BCUT2D eigenvalue weighted by molar-refractivity contribution is 6.30. The Labute approximate surface area is 155 Å². The second kappa shape index (κ2) is 7.93. The fraction of sp³-hybridized carbons (Fsp3) is 0.158. The number of aromatic nitrogens is 1. The first kappa shape index (κ1) is 17.8. The average Bonchev–Trinajstić information content (AvgIpc) is 3.15. The number of rotatable bonds is 7. The molecule has 26 heavy (non-hydrogen) atoms. The van der Waals surface area contributed by atoms with Gasteiger partial charge in [-0.15, -0.1) is 0 Å². The van der Waals surface area contributed by atoms with E-state index < -0.39 is 0 Å². The summed E-state index contributed by atoms with van der Waals surface area (Å²) < 4.78 is 15.6. The second-order valence-electron chi connectivity index (χ2n) is 5.43. The molecule has 3 rings (SSSR count). The normalized spacial score (nSPS) is 10.4. The maximum absolute atomic E-state index is 12.4. The molecule has 0 aliphatic heterocycles. The van der Waals surface area contributed by atoms with Crippen LogP contribution in [0.25, 0.3) is 11.3 Å². The number of nitrogens with one attached hydrogen (secondary N) is 1. The van der Waals surface area contributed by atoms with Crippen molar-refractivity contribution in [1.82, 2.24) is 5.16 Å². The zero-order valence-corrected chi connectivity index (χ0v) is 15.0. The number of hydrogen-bond donors (Lipinski definition) is 1. The number of ether oxygens (including phenoxy) is 2. The Morgan fingerprint density at radius 1 is 1.08 bits per heavy atom. The van der Waals surface area contributed by atoms with E-state index in [0.717, 1.165) is 5.56 Å². The molecule has 0 radical (unpaired) electrons. The zero-order valence-electron chi connectivity index (χ0n) is 14.3. The molecule has 2 aromatic carbocycles. The number of anilines is 1. The number of hydrogen-bond acceptors (Lipinski definition) is 6. The molecule has 1 heterocycles. The monoisotopic (exact) mass is 372 g/mol. The van der Waals surface area contributed by atoms with E-state index in [9.17, 15) is 4.79 Å². The van der Waals surface area contributed by atoms with Crippen LogP contribution in [0.15, 0.2) is 53.1 Å². The highest BCUT2D eigenvalue weighted by atomic mass is 35.5. The van der Waals surface area contributed by atoms with Crippen molar-refractivity contribution < 1.29 is 18.8 Å². The molecule has 134 valence electrons. The Morgan fingerprint density at radius 2 is 1.81 bits per heavy atom. The molecule has 0 spiro atoms. The minimum absolute atomic E-state index is 0.0603. The van der Waals surface area contributed by atoms with Gasteiger partial charge in [0.25, 0.3) is 0 Å². The van der Waals surface area contributed by atoms with Crippen LogP contribution in [-0.2, 0) is 0 Å². The molecule has 1 aromatic heterocycles. The third-order valence-corrected chi connectivity index (χ3v) is 4.03. The molecule has 0 unspecified atom stereocenters. The molecule has 0 bridgehead atoms. The number of carbonyl (C=O) groups is 1. The minimum atomic E-state index is -0.115. The Kier molecular flexibility index (Phi) is 5.43. The van der Waals surface area contributed by atoms with E-state index in [4.69, 9.17) is 25.6 Å². The van der Waals surface area contributed by atoms with Gasteiger partial charge in [-0.3, -0.25) is 4.79 Å². The third kappa shape index (κ3) is 3.97. The summed E-state index contributed by atoms with van der Waals surface area (Å²) in [7, 11) is 3.07. The number of Topliss-reactive ketones (excluding diaryl/α,β-unsaturated/α-hetero) is 1. The maximum Gasteiger partial charge on any atom is 0.225 e. The van der Waals surface area contributed by atoms with Crippen molar-refractivity contribution in [2.24, 2.45) is 0 Å². The summed E-state index contributed by atoms with van der Waals surface area (Å²) in [6.45, 7) is 0.0603. The van der Waals surface area contributed by atoms with E-state index in [1.54, 1.807) is 43.5 Å². The lowest BCUT2D eigenvalue weighted by atomic mass is 10.1. The van der Waals surface area contributed by atoms with Crippen molar-refractivity contribution in [2.45, 2.75) is 0 Å². The van der Waals surface area contributed by atoms with Crippen LogP contribution in [0.5, 0.6) is 11.5 Å². The fourth-order valence-electron chi connectivity index (χ4n) is 2.39. The topological polar surface area (TPSA) is 73.6 Å². The number of nitrogens with zero attached hydrogens (tertiary/aromatic N) is 1. The van der Waals surface area contributed by atoms with Gasteiger partial charge in [0, 0.05) is 22.2 Å². The van der Waals surface area contributed by atoms with Gasteiger partial charge < -0.3 is 19.3 Å². The largest absolute Gasteiger partial charge is 0.493 e. The molecule has 0 aliphatic rings. The second-order valence-corrected chi connectivity index (χ2v) is 5.87. The Bertz CT molecular complexity index is 906. The molecule has 0 fully saturated rings. The zero-order chi connectivity index (χ0) is 18.5. The fourth-order valence-corrected chi connectivity index (χ4v) is 2.52. The van der Waals surface area contributed by atoms with Crippen molar-refractivity contribution in [3.8, 4) is 22.8 Å². The summed E-state index contributed by atoms with van der Waals surface area (Å²) in [5.74, 6) is 1.36. The van der Waals surface area contributed by atoms with Crippen LogP contribution in [-0.4, -0.2) is 31.7 Å². The van der Waals surface area contributed by atoms with E-state index >= 15 is 0 Å². The molecule has 0 aliphatic carbocycles. The van der Waals surface area contributed by atoms with Crippen LogP contribution < -0.4 is 14.8 Å². The lowest BCUT2D eigenvalue weighted by Gasteiger charge is -2.09. The lowest BCUT2D eigenvalue weighted by molar-refractivity contribution is 0.100. The highest BCUT2D eigenvalue weighted by Crippen LogP contribution is 2.28. The van der Waals surface area contributed by atoms with Crippen molar-refractivity contribution in [3.05, 3.63) is 59.1 Å². The van der Waals surface area contributed by atoms with Crippen molar-refractivity contribution in [3.63, 3.8) is 0 Å². The van der Waals surface area contributed by atoms with Crippen molar-refractivity contribution in [2.75, 3.05) is 26.1 Å². The Balaban J connectivity index is 1.66. The minimum Gasteiger partial charge on any atom is -0.493 e. The van der Waals surface area contributed by atoms with Gasteiger partial charge in [-0.05, 0) is 30.3 Å². The van der Waals surface area contributed by atoms with Crippen LogP contribution in [0, 0.1) is 0 Å². The number of methoxy groups -OCH3 is 2. The van der Waals surface area contributed by atoms with Gasteiger partial charge in [-0.2, -0.15) is 0 Å². The predicted molar refractivity (Wildman–Crippen MR) is 99.3 cm³/mol. The van der Waals surface area contributed by atoms with Gasteiger partial charge in [-0.25, -0.2) is 0 Å². The maximum atomic E-state index is 12.4. The van der Waals surface area contributed by atoms with E-state index in [1.165, 1.54) is 7.11 Å². The van der Waals surface area contributed by atoms with Crippen LogP contribution in [0.3, 0.4) is 0 Å². The first-order valence-electron chi connectivity index (χ1n) is 7.82. The van der Waals surface area contributed by atoms with Gasteiger partial charge in [-0.1, -0.05) is 28.9 Å². The van der Waals surface area contributed by atoms with Crippen LogP contribution >= 0.6 is 11.6 Å². The SMILES string of the molecule is COc1ccc(C(=O)CNc2cc(-c3ccc(Cl)cc3)no2)cc1OC. The van der Waals surface area contributed by atoms with E-state index in [2.05, 4.69) is 10.5 Å². The molecule has 1 N–H and O–H groups in total. The third-order valence-electron chi connectivity index (χ3n) is 3.78. The lowest BCUT2D eigenvalue weighted by Crippen LogP contribution is -2.13. The van der Waals surface area contributed by atoms with Gasteiger partial charge in [0.15, 0.2) is 17.3 Å².